The largest absolute Gasteiger partial charge is 0.497 e. The Hall–Kier alpha value is -1.56. The lowest BCUT2D eigenvalue weighted by atomic mass is 10.1. The van der Waals surface area contributed by atoms with E-state index in [0.29, 0.717) is 15.8 Å². The van der Waals surface area contributed by atoms with E-state index in [2.05, 4.69) is 15.9 Å². The first-order valence-electron chi connectivity index (χ1n) is 5.22. The average Bonchev–Trinajstić information content (AvgIpc) is 2.36. The van der Waals surface area contributed by atoms with Gasteiger partial charge in [0.2, 0.25) is 0 Å². The minimum absolute atomic E-state index is 0.366. The Bertz CT molecular complexity index is 475. The van der Waals surface area contributed by atoms with Crippen molar-refractivity contribution in [1.82, 2.24) is 4.90 Å². The van der Waals surface area contributed by atoms with Crippen molar-refractivity contribution in [3.8, 4) is 5.75 Å². The summed E-state index contributed by atoms with van der Waals surface area (Å²) < 4.78 is 5.63. The van der Waals surface area contributed by atoms with Crippen LogP contribution in [-0.2, 0) is 4.79 Å². The maximum Gasteiger partial charge on any atom is 0.326 e. The van der Waals surface area contributed by atoms with Crippen LogP contribution in [0.3, 0.4) is 0 Å². The molecule has 0 aliphatic rings. The molecule has 0 aliphatic carbocycles. The third-order valence-corrected chi connectivity index (χ3v) is 3.35. The molecule has 0 aromatic heterocycles. The molecule has 5 nitrogen and oxygen atoms in total. The van der Waals surface area contributed by atoms with E-state index in [9.17, 15) is 9.59 Å². The molecule has 1 rings (SSSR count). The van der Waals surface area contributed by atoms with E-state index in [-0.39, 0.29) is 5.91 Å². The van der Waals surface area contributed by atoms with Crippen LogP contribution in [0.25, 0.3) is 0 Å². The van der Waals surface area contributed by atoms with Crippen LogP contribution in [0.5, 0.6) is 5.75 Å². The Kier molecular flexibility index (Phi) is 4.72. The van der Waals surface area contributed by atoms with Crippen molar-refractivity contribution in [3.63, 3.8) is 0 Å². The van der Waals surface area contributed by atoms with Crippen molar-refractivity contribution in [2.24, 2.45) is 0 Å². The fraction of sp³-hybridized carbons (Fsp3) is 0.333. The standard InChI is InChI=1S/C12H14BrNO4/c1-7(12(16)17)14(2)11(15)9-6-8(18-3)4-5-10(9)13/h4-7H,1-3H3,(H,16,17). The molecule has 1 amide bonds. The van der Waals surface area contributed by atoms with Crippen LogP contribution >= 0.6 is 15.9 Å². The molecule has 0 aliphatic heterocycles. The summed E-state index contributed by atoms with van der Waals surface area (Å²) in [7, 11) is 2.95. The molecular formula is C12H14BrNO4. The minimum atomic E-state index is -1.05. The zero-order valence-electron chi connectivity index (χ0n) is 10.3. The van der Waals surface area contributed by atoms with Crippen molar-refractivity contribution in [2.45, 2.75) is 13.0 Å². The fourth-order valence-corrected chi connectivity index (χ4v) is 1.74. The average molecular weight is 316 g/mol. The molecule has 0 fully saturated rings. The van der Waals surface area contributed by atoms with E-state index in [4.69, 9.17) is 9.84 Å². The lowest BCUT2D eigenvalue weighted by Crippen LogP contribution is -2.40. The first-order chi connectivity index (χ1) is 8.38. The van der Waals surface area contributed by atoms with Gasteiger partial charge in [-0.2, -0.15) is 0 Å². The number of methoxy groups -OCH3 is 1. The van der Waals surface area contributed by atoms with Gasteiger partial charge in [0.05, 0.1) is 12.7 Å². The number of carbonyl (C=O) groups excluding carboxylic acids is 1. The highest BCUT2D eigenvalue weighted by Gasteiger charge is 2.24. The van der Waals surface area contributed by atoms with Gasteiger partial charge >= 0.3 is 5.97 Å². The van der Waals surface area contributed by atoms with Crippen LogP contribution in [0.2, 0.25) is 0 Å². The van der Waals surface area contributed by atoms with Crippen LogP contribution in [0, 0.1) is 0 Å². The van der Waals surface area contributed by atoms with Crippen molar-refractivity contribution in [2.75, 3.05) is 14.2 Å². The molecule has 6 heteroatoms. The summed E-state index contributed by atoms with van der Waals surface area (Å²) in [5.74, 6) is -0.890. The van der Waals surface area contributed by atoms with Gasteiger partial charge in [-0.3, -0.25) is 4.79 Å². The van der Waals surface area contributed by atoms with Crippen LogP contribution in [-0.4, -0.2) is 42.1 Å². The van der Waals surface area contributed by atoms with Gasteiger partial charge in [-0.15, -0.1) is 0 Å². The number of carbonyl (C=O) groups is 2. The van der Waals surface area contributed by atoms with Crippen molar-refractivity contribution < 1.29 is 19.4 Å². The predicted molar refractivity (Wildman–Crippen MR) is 69.9 cm³/mol. The SMILES string of the molecule is COc1ccc(Br)c(C(=O)N(C)C(C)C(=O)O)c1. The van der Waals surface area contributed by atoms with Gasteiger partial charge in [0.15, 0.2) is 0 Å². The molecule has 1 aromatic carbocycles. The predicted octanol–water partition coefficient (Wildman–Crippen LogP) is 2.00. The molecule has 0 saturated heterocycles. The lowest BCUT2D eigenvalue weighted by Gasteiger charge is -2.22. The van der Waals surface area contributed by atoms with E-state index in [0.717, 1.165) is 0 Å². The summed E-state index contributed by atoms with van der Waals surface area (Å²) in [6.07, 6.45) is 0. The number of rotatable bonds is 4. The molecule has 98 valence electrons. The van der Waals surface area contributed by atoms with E-state index in [1.54, 1.807) is 18.2 Å². The number of carboxylic acids is 1. The van der Waals surface area contributed by atoms with Gasteiger partial charge in [-0.1, -0.05) is 0 Å². The highest BCUT2D eigenvalue weighted by molar-refractivity contribution is 9.10. The quantitative estimate of drug-likeness (QED) is 0.923. The Morgan fingerprint density at radius 2 is 2.06 bits per heavy atom. The second kappa shape index (κ2) is 5.86. The van der Waals surface area contributed by atoms with Crippen molar-refractivity contribution in [3.05, 3.63) is 28.2 Å². The zero-order valence-corrected chi connectivity index (χ0v) is 11.9. The first kappa shape index (κ1) is 14.5. The number of benzene rings is 1. The second-order valence-electron chi connectivity index (χ2n) is 3.78. The molecule has 1 N–H and O–H groups in total. The highest BCUT2D eigenvalue weighted by atomic mass is 79.9. The number of hydrogen-bond acceptors (Lipinski definition) is 3. The molecular weight excluding hydrogens is 302 g/mol. The van der Waals surface area contributed by atoms with Crippen LogP contribution in [0.1, 0.15) is 17.3 Å². The number of carboxylic acid groups (broad SMARTS) is 1. The summed E-state index contributed by atoms with van der Waals surface area (Å²) in [5, 5.41) is 8.89. The monoisotopic (exact) mass is 315 g/mol. The number of halogens is 1. The molecule has 0 saturated carbocycles. The summed E-state index contributed by atoms with van der Waals surface area (Å²) >= 11 is 3.26. The Labute approximate surface area is 113 Å². The molecule has 0 bridgehead atoms. The number of ether oxygens (including phenoxy) is 1. The highest BCUT2D eigenvalue weighted by Crippen LogP contribution is 2.24. The van der Waals surface area contributed by atoms with Gasteiger partial charge in [0, 0.05) is 11.5 Å². The Balaban J connectivity index is 3.06. The topological polar surface area (TPSA) is 66.8 Å². The van der Waals surface area contributed by atoms with Crippen LogP contribution < -0.4 is 4.74 Å². The number of likely N-dealkylation sites (N-methyl/N-ethyl adjacent to an activating group) is 1. The Morgan fingerprint density at radius 1 is 1.44 bits per heavy atom. The molecule has 1 unspecified atom stereocenters. The number of hydrogen-bond donors (Lipinski definition) is 1. The number of aliphatic carboxylic acids is 1. The smallest absolute Gasteiger partial charge is 0.326 e. The van der Waals surface area contributed by atoms with Crippen LogP contribution in [0.4, 0.5) is 0 Å². The van der Waals surface area contributed by atoms with E-state index in [1.807, 2.05) is 0 Å². The van der Waals surface area contributed by atoms with Crippen molar-refractivity contribution >= 4 is 27.8 Å². The number of amides is 1. The minimum Gasteiger partial charge on any atom is -0.497 e. The first-order valence-corrected chi connectivity index (χ1v) is 6.01. The summed E-state index contributed by atoms with van der Waals surface area (Å²) in [4.78, 5) is 24.2. The van der Waals surface area contributed by atoms with Gasteiger partial charge in [0.1, 0.15) is 11.8 Å². The van der Waals surface area contributed by atoms with E-state index < -0.39 is 12.0 Å². The molecule has 1 atom stereocenters. The van der Waals surface area contributed by atoms with Crippen LogP contribution in [0.15, 0.2) is 22.7 Å². The maximum atomic E-state index is 12.2. The van der Waals surface area contributed by atoms with E-state index in [1.165, 1.54) is 26.0 Å². The molecule has 1 aromatic rings. The van der Waals surface area contributed by atoms with Crippen molar-refractivity contribution in [1.29, 1.82) is 0 Å². The van der Waals surface area contributed by atoms with Gasteiger partial charge in [0.25, 0.3) is 5.91 Å². The normalized spacial score (nSPS) is 11.8. The molecule has 0 spiro atoms. The molecule has 18 heavy (non-hydrogen) atoms. The third kappa shape index (κ3) is 3.01. The zero-order chi connectivity index (χ0) is 13.9. The molecule has 0 radical (unpaired) electrons. The summed E-state index contributed by atoms with van der Waals surface area (Å²) in [5.41, 5.74) is 0.366. The Morgan fingerprint density at radius 3 is 2.56 bits per heavy atom. The number of nitrogens with zero attached hydrogens (tertiary/aromatic N) is 1. The third-order valence-electron chi connectivity index (χ3n) is 2.66. The van der Waals surface area contributed by atoms with Gasteiger partial charge < -0.3 is 14.7 Å². The van der Waals surface area contributed by atoms with Gasteiger partial charge in [-0.05, 0) is 41.1 Å². The second-order valence-corrected chi connectivity index (χ2v) is 4.63. The molecule has 0 heterocycles. The lowest BCUT2D eigenvalue weighted by molar-refractivity contribution is -0.141. The summed E-state index contributed by atoms with van der Waals surface area (Å²) in [6.45, 7) is 1.45. The maximum absolute atomic E-state index is 12.2. The van der Waals surface area contributed by atoms with Gasteiger partial charge in [-0.25, -0.2) is 4.79 Å². The summed E-state index contributed by atoms with van der Waals surface area (Å²) in [6, 6.07) is 4.07. The fourth-order valence-electron chi connectivity index (χ4n) is 1.33. The van der Waals surface area contributed by atoms with E-state index >= 15 is 0 Å².